The molecule has 1 atom stereocenters. The molecular weight excluding hydrogens is 216 g/mol. The zero-order chi connectivity index (χ0) is 11.7. The average molecular weight is 232 g/mol. The van der Waals surface area contributed by atoms with Gasteiger partial charge in [0.25, 0.3) is 0 Å². The first-order chi connectivity index (χ1) is 7.59. The Labute approximate surface area is 100 Å². The fourth-order valence-corrected chi connectivity index (χ4v) is 2.67. The number of thiazole rings is 1. The summed E-state index contributed by atoms with van der Waals surface area (Å²) in [5, 5.41) is 0. The molecule has 2 N–H and O–H groups in total. The van der Waals surface area contributed by atoms with Gasteiger partial charge in [0, 0.05) is 4.88 Å². The molecule has 2 nitrogen and oxygen atoms in total. The van der Waals surface area contributed by atoms with Gasteiger partial charge in [-0.15, -0.1) is 11.3 Å². The number of benzene rings is 1. The van der Waals surface area contributed by atoms with Crippen LogP contribution < -0.4 is 5.73 Å². The minimum atomic E-state index is -0.0487. The Balaban J connectivity index is 2.45. The molecule has 1 heterocycles. The first kappa shape index (κ1) is 11.3. The number of nitrogens with zero attached hydrogens (tertiary/aromatic N) is 1. The summed E-state index contributed by atoms with van der Waals surface area (Å²) in [4.78, 5) is 5.41. The molecule has 0 radical (unpaired) electrons. The lowest BCUT2D eigenvalue weighted by atomic mass is 9.98. The molecular formula is C13H16N2S. The van der Waals surface area contributed by atoms with Gasteiger partial charge in [-0.2, -0.15) is 0 Å². The van der Waals surface area contributed by atoms with Gasteiger partial charge in [-0.3, -0.25) is 0 Å². The second-order valence-electron chi connectivity index (χ2n) is 4.14. The lowest BCUT2D eigenvalue weighted by Crippen LogP contribution is -2.13. The van der Waals surface area contributed by atoms with Crippen molar-refractivity contribution in [3.63, 3.8) is 0 Å². The monoisotopic (exact) mass is 232 g/mol. The number of nitrogens with two attached hydrogens (primary N) is 1. The summed E-state index contributed by atoms with van der Waals surface area (Å²) in [6, 6.07) is 6.36. The third-order valence-corrected chi connectivity index (χ3v) is 3.85. The Morgan fingerprint density at radius 1 is 1.25 bits per heavy atom. The molecule has 0 aliphatic carbocycles. The SMILES string of the molecule is Cc1ccc(C)c(C(N)c2scnc2C)c1. The van der Waals surface area contributed by atoms with E-state index in [0.29, 0.717) is 0 Å². The molecule has 2 rings (SSSR count). The van der Waals surface area contributed by atoms with E-state index in [0.717, 1.165) is 10.6 Å². The highest BCUT2D eigenvalue weighted by Gasteiger charge is 2.15. The maximum Gasteiger partial charge on any atom is 0.0798 e. The van der Waals surface area contributed by atoms with Crippen LogP contribution in [0.15, 0.2) is 23.7 Å². The predicted molar refractivity (Wildman–Crippen MR) is 68.8 cm³/mol. The highest BCUT2D eigenvalue weighted by Crippen LogP contribution is 2.28. The van der Waals surface area contributed by atoms with Crippen LogP contribution in [-0.2, 0) is 0 Å². The summed E-state index contributed by atoms with van der Waals surface area (Å²) in [6.07, 6.45) is 0. The zero-order valence-electron chi connectivity index (χ0n) is 9.82. The summed E-state index contributed by atoms with van der Waals surface area (Å²) < 4.78 is 0. The summed E-state index contributed by atoms with van der Waals surface area (Å²) in [7, 11) is 0. The fourth-order valence-electron chi connectivity index (χ4n) is 1.85. The summed E-state index contributed by atoms with van der Waals surface area (Å²) in [5.74, 6) is 0. The van der Waals surface area contributed by atoms with Gasteiger partial charge in [0.15, 0.2) is 0 Å². The zero-order valence-corrected chi connectivity index (χ0v) is 10.6. The number of aryl methyl sites for hydroxylation is 3. The van der Waals surface area contributed by atoms with Crippen LogP contribution in [0.3, 0.4) is 0 Å². The second kappa shape index (κ2) is 4.36. The predicted octanol–water partition coefficient (Wildman–Crippen LogP) is 3.12. The standard InChI is InChI=1S/C13H16N2S/c1-8-4-5-9(2)11(6-8)12(14)13-10(3)15-7-16-13/h4-7,12H,14H2,1-3H3. The van der Waals surface area contributed by atoms with Gasteiger partial charge in [-0.05, 0) is 31.9 Å². The molecule has 0 fully saturated rings. The van der Waals surface area contributed by atoms with Crippen molar-refractivity contribution in [2.24, 2.45) is 5.73 Å². The van der Waals surface area contributed by atoms with E-state index in [-0.39, 0.29) is 6.04 Å². The number of hydrogen-bond donors (Lipinski definition) is 1. The highest BCUT2D eigenvalue weighted by atomic mass is 32.1. The molecule has 0 amide bonds. The molecule has 0 aliphatic rings. The van der Waals surface area contributed by atoms with E-state index in [2.05, 4.69) is 37.0 Å². The molecule has 1 unspecified atom stereocenters. The van der Waals surface area contributed by atoms with Crippen LogP contribution in [0.25, 0.3) is 0 Å². The van der Waals surface area contributed by atoms with Crippen LogP contribution in [0, 0.1) is 20.8 Å². The van der Waals surface area contributed by atoms with Gasteiger partial charge in [0.1, 0.15) is 0 Å². The highest BCUT2D eigenvalue weighted by molar-refractivity contribution is 7.09. The minimum absolute atomic E-state index is 0.0487. The first-order valence-electron chi connectivity index (χ1n) is 5.32. The lowest BCUT2D eigenvalue weighted by molar-refractivity contribution is 0.866. The van der Waals surface area contributed by atoms with Gasteiger partial charge in [-0.25, -0.2) is 4.98 Å². The molecule has 1 aromatic carbocycles. The van der Waals surface area contributed by atoms with Gasteiger partial charge in [0.05, 0.1) is 17.2 Å². The van der Waals surface area contributed by atoms with E-state index in [1.54, 1.807) is 11.3 Å². The van der Waals surface area contributed by atoms with Crippen molar-refractivity contribution in [1.82, 2.24) is 4.98 Å². The second-order valence-corrected chi connectivity index (χ2v) is 5.03. The smallest absolute Gasteiger partial charge is 0.0798 e. The Morgan fingerprint density at radius 2 is 2.00 bits per heavy atom. The van der Waals surface area contributed by atoms with Crippen LogP contribution in [0.2, 0.25) is 0 Å². The number of rotatable bonds is 2. The van der Waals surface area contributed by atoms with Crippen LogP contribution in [0.1, 0.15) is 33.3 Å². The van der Waals surface area contributed by atoms with Crippen molar-refractivity contribution < 1.29 is 0 Å². The number of aromatic nitrogens is 1. The minimum Gasteiger partial charge on any atom is -0.320 e. The molecule has 16 heavy (non-hydrogen) atoms. The maximum atomic E-state index is 6.30. The van der Waals surface area contributed by atoms with Crippen molar-refractivity contribution in [3.05, 3.63) is 51.0 Å². The molecule has 1 aromatic heterocycles. The Hall–Kier alpha value is -1.19. The van der Waals surface area contributed by atoms with E-state index in [1.165, 1.54) is 16.7 Å². The lowest BCUT2D eigenvalue weighted by Gasteiger charge is -2.14. The largest absolute Gasteiger partial charge is 0.320 e. The van der Waals surface area contributed by atoms with Crippen molar-refractivity contribution >= 4 is 11.3 Å². The molecule has 0 saturated heterocycles. The Bertz CT molecular complexity index is 502. The summed E-state index contributed by atoms with van der Waals surface area (Å²) in [5.41, 5.74) is 12.9. The van der Waals surface area contributed by atoms with Crippen molar-refractivity contribution in [2.45, 2.75) is 26.8 Å². The fraction of sp³-hybridized carbons (Fsp3) is 0.308. The third kappa shape index (κ3) is 2.01. The quantitative estimate of drug-likeness (QED) is 0.864. The summed E-state index contributed by atoms with van der Waals surface area (Å²) in [6.45, 7) is 6.21. The molecule has 0 bridgehead atoms. The van der Waals surface area contributed by atoms with Gasteiger partial charge >= 0.3 is 0 Å². The van der Waals surface area contributed by atoms with E-state index >= 15 is 0 Å². The van der Waals surface area contributed by atoms with Crippen LogP contribution in [0.5, 0.6) is 0 Å². The van der Waals surface area contributed by atoms with E-state index < -0.39 is 0 Å². The molecule has 2 aromatic rings. The molecule has 84 valence electrons. The molecule has 0 saturated carbocycles. The van der Waals surface area contributed by atoms with Crippen LogP contribution in [0.4, 0.5) is 0 Å². The van der Waals surface area contributed by atoms with Crippen LogP contribution >= 0.6 is 11.3 Å². The topological polar surface area (TPSA) is 38.9 Å². The van der Waals surface area contributed by atoms with Gasteiger partial charge in [0.2, 0.25) is 0 Å². The van der Waals surface area contributed by atoms with E-state index in [4.69, 9.17) is 5.73 Å². The molecule has 3 heteroatoms. The van der Waals surface area contributed by atoms with E-state index in [9.17, 15) is 0 Å². The van der Waals surface area contributed by atoms with Gasteiger partial charge < -0.3 is 5.73 Å². The van der Waals surface area contributed by atoms with Crippen molar-refractivity contribution in [2.75, 3.05) is 0 Å². The first-order valence-corrected chi connectivity index (χ1v) is 6.20. The van der Waals surface area contributed by atoms with Gasteiger partial charge in [-0.1, -0.05) is 23.8 Å². The maximum absolute atomic E-state index is 6.30. The van der Waals surface area contributed by atoms with E-state index in [1.807, 2.05) is 12.4 Å². The summed E-state index contributed by atoms with van der Waals surface area (Å²) >= 11 is 1.63. The Kier molecular flexibility index (Phi) is 3.08. The average Bonchev–Trinajstić information content (AvgIpc) is 2.67. The van der Waals surface area contributed by atoms with Crippen molar-refractivity contribution in [3.8, 4) is 0 Å². The number of hydrogen-bond acceptors (Lipinski definition) is 3. The van der Waals surface area contributed by atoms with Crippen LogP contribution in [-0.4, -0.2) is 4.98 Å². The molecule has 0 spiro atoms. The third-order valence-electron chi connectivity index (χ3n) is 2.83. The van der Waals surface area contributed by atoms with Crippen molar-refractivity contribution in [1.29, 1.82) is 0 Å². The Morgan fingerprint density at radius 3 is 2.62 bits per heavy atom. The normalized spacial score (nSPS) is 12.8. The molecule has 0 aliphatic heterocycles.